The molecule has 7 heteroatoms. The van der Waals surface area contributed by atoms with Crippen LogP contribution in [0.3, 0.4) is 0 Å². The van der Waals surface area contributed by atoms with Crippen molar-refractivity contribution in [2.45, 2.75) is 19.4 Å². The third kappa shape index (κ3) is 3.73. The molecule has 0 saturated heterocycles. The predicted molar refractivity (Wildman–Crippen MR) is 105 cm³/mol. The molecule has 0 unspecified atom stereocenters. The molecule has 3 aromatic rings. The van der Waals surface area contributed by atoms with Gasteiger partial charge in [0.1, 0.15) is 5.75 Å². The number of nitrogens with one attached hydrogen (secondary N) is 1. The number of phenolic OH excluding ortho intramolecular Hbond substituents is 1. The maximum atomic E-state index is 12.6. The molecule has 2 aromatic carbocycles. The lowest BCUT2D eigenvalue weighted by molar-refractivity contribution is -0.150. The van der Waals surface area contributed by atoms with Gasteiger partial charge < -0.3 is 15.2 Å². The second kappa shape index (κ2) is 7.56. The van der Waals surface area contributed by atoms with Gasteiger partial charge in [0, 0.05) is 23.4 Å². The van der Waals surface area contributed by atoms with Crippen molar-refractivity contribution in [3.8, 4) is 16.9 Å². The second-order valence-corrected chi connectivity index (χ2v) is 6.75. The fourth-order valence-electron chi connectivity index (χ4n) is 2.76. The molecule has 0 aliphatic rings. The Balaban J connectivity index is 1.82. The first-order valence-corrected chi connectivity index (χ1v) is 8.67. The summed E-state index contributed by atoms with van der Waals surface area (Å²) in [5.41, 5.74) is 0.735. The number of carbonyl (C=O) groups is 2. The van der Waals surface area contributed by atoms with E-state index in [0.29, 0.717) is 16.9 Å². The smallest absolute Gasteiger partial charge is 0.333 e. The normalized spacial score (nSPS) is 11.1. The number of rotatable bonds is 5. The summed E-state index contributed by atoms with van der Waals surface area (Å²) in [6.45, 7) is 3.34. The van der Waals surface area contributed by atoms with Gasteiger partial charge >= 0.3 is 5.97 Å². The van der Waals surface area contributed by atoms with Crippen molar-refractivity contribution in [3.63, 3.8) is 0 Å². The van der Waals surface area contributed by atoms with Crippen LogP contribution in [0.15, 0.2) is 60.8 Å². The van der Waals surface area contributed by atoms with E-state index in [2.05, 4.69) is 10.4 Å². The molecule has 0 aliphatic carbocycles. The molecular weight excluding hydrogens is 358 g/mol. The molecule has 0 aliphatic heterocycles. The number of anilines is 1. The van der Waals surface area contributed by atoms with Crippen LogP contribution in [0.1, 0.15) is 24.2 Å². The molecular formula is C21H21N3O4. The van der Waals surface area contributed by atoms with Crippen LogP contribution in [0.25, 0.3) is 11.1 Å². The van der Waals surface area contributed by atoms with Gasteiger partial charge in [-0.3, -0.25) is 9.48 Å². The molecule has 7 nitrogen and oxygen atoms in total. The van der Waals surface area contributed by atoms with E-state index in [1.165, 1.54) is 23.9 Å². The number of methoxy groups -OCH3 is 1. The summed E-state index contributed by atoms with van der Waals surface area (Å²) in [5.74, 6) is -0.430. The van der Waals surface area contributed by atoms with Crippen molar-refractivity contribution in [3.05, 3.63) is 66.4 Å². The van der Waals surface area contributed by atoms with Crippen LogP contribution in [-0.2, 0) is 15.1 Å². The first-order chi connectivity index (χ1) is 13.3. The number of amides is 1. The molecule has 0 bridgehead atoms. The highest BCUT2D eigenvalue weighted by atomic mass is 16.5. The Labute approximate surface area is 162 Å². The summed E-state index contributed by atoms with van der Waals surface area (Å²) in [7, 11) is 1.31. The number of carbonyl (C=O) groups excluding carboxylic acids is 2. The van der Waals surface area contributed by atoms with Gasteiger partial charge in [0.2, 0.25) is 0 Å². The first-order valence-electron chi connectivity index (χ1n) is 8.67. The summed E-state index contributed by atoms with van der Waals surface area (Å²) in [6.07, 6.45) is 1.60. The van der Waals surface area contributed by atoms with Gasteiger partial charge in [-0.05, 0) is 37.6 Å². The largest absolute Gasteiger partial charge is 0.507 e. The lowest BCUT2D eigenvalue weighted by atomic mass is 10.0. The number of hydrogen-bond donors (Lipinski definition) is 2. The van der Waals surface area contributed by atoms with Crippen molar-refractivity contribution in [2.75, 3.05) is 12.4 Å². The van der Waals surface area contributed by atoms with E-state index in [-0.39, 0.29) is 11.7 Å². The number of hydrogen-bond acceptors (Lipinski definition) is 5. The van der Waals surface area contributed by atoms with Crippen molar-refractivity contribution in [1.82, 2.24) is 9.78 Å². The Morgan fingerprint density at radius 2 is 1.82 bits per heavy atom. The number of esters is 1. The molecule has 28 heavy (non-hydrogen) atoms. The fraction of sp³-hybridized carbons (Fsp3) is 0.190. The molecule has 0 saturated carbocycles. The highest BCUT2D eigenvalue weighted by molar-refractivity contribution is 6.04. The number of ether oxygens (including phenoxy) is 1. The maximum Gasteiger partial charge on any atom is 0.333 e. The minimum absolute atomic E-state index is 0.0897. The quantitative estimate of drug-likeness (QED) is 0.663. The van der Waals surface area contributed by atoms with E-state index >= 15 is 0 Å². The van der Waals surface area contributed by atoms with E-state index in [9.17, 15) is 14.7 Å². The molecule has 3 rings (SSSR count). The summed E-state index contributed by atoms with van der Waals surface area (Å²) in [4.78, 5) is 24.5. The van der Waals surface area contributed by atoms with E-state index in [1.807, 2.05) is 30.3 Å². The van der Waals surface area contributed by atoms with Crippen LogP contribution in [0.5, 0.6) is 5.75 Å². The van der Waals surface area contributed by atoms with Crippen LogP contribution < -0.4 is 5.32 Å². The summed E-state index contributed by atoms with van der Waals surface area (Å²) < 4.78 is 6.22. The Morgan fingerprint density at radius 1 is 1.11 bits per heavy atom. The van der Waals surface area contributed by atoms with Crippen molar-refractivity contribution in [1.29, 1.82) is 0 Å². The molecule has 0 fully saturated rings. The molecule has 1 amide bonds. The zero-order valence-corrected chi connectivity index (χ0v) is 15.8. The highest BCUT2D eigenvalue weighted by Crippen LogP contribution is 2.30. The SMILES string of the molecule is COC(=O)C(C)(C)n1ccc(NC(=O)c2ccc(O)c(-c3ccccc3)c2)n1. The zero-order chi connectivity index (χ0) is 20.3. The summed E-state index contributed by atoms with van der Waals surface area (Å²) in [6, 6.07) is 15.5. The fourth-order valence-corrected chi connectivity index (χ4v) is 2.76. The van der Waals surface area contributed by atoms with Crippen LogP contribution in [0, 0.1) is 0 Å². The third-order valence-corrected chi connectivity index (χ3v) is 4.43. The minimum atomic E-state index is -1.00. The van der Waals surface area contributed by atoms with Crippen molar-refractivity contribution in [2.24, 2.45) is 0 Å². The number of aromatic hydroxyl groups is 1. The Bertz CT molecular complexity index is 1010. The average Bonchev–Trinajstić information content (AvgIpc) is 3.17. The zero-order valence-electron chi connectivity index (χ0n) is 15.8. The predicted octanol–water partition coefficient (Wildman–Crippen LogP) is 3.42. The maximum absolute atomic E-state index is 12.6. The van der Waals surface area contributed by atoms with Crippen molar-refractivity contribution < 1.29 is 19.4 Å². The number of benzene rings is 2. The molecule has 0 radical (unpaired) electrons. The number of nitrogens with zero attached hydrogens (tertiary/aromatic N) is 2. The third-order valence-electron chi connectivity index (χ3n) is 4.43. The molecule has 1 heterocycles. The van der Waals surface area contributed by atoms with Gasteiger partial charge in [0.25, 0.3) is 5.91 Å². The van der Waals surface area contributed by atoms with Crippen molar-refractivity contribution >= 4 is 17.7 Å². The first kappa shape index (κ1) is 19.2. The summed E-state index contributed by atoms with van der Waals surface area (Å²) in [5, 5.41) is 17.1. The van der Waals surface area contributed by atoms with E-state index in [0.717, 1.165) is 5.56 Å². The Hall–Kier alpha value is -3.61. The van der Waals surface area contributed by atoms with Crippen LogP contribution >= 0.6 is 0 Å². The van der Waals surface area contributed by atoms with Crippen LogP contribution in [0.4, 0.5) is 5.82 Å². The molecule has 0 atom stereocenters. The average molecular weight is 379 g/mol. The van der Waals surface area contributed by atoms with E-state index in [4.69, 9.17) is 4.74 Å². The van der Waals surface area contributed by atoms with Crippen LogP contribution in [-0.4, -0.2) is 33.9 Å². The standard InChI is InChI=1S/C21H21N3O4/c1-21(2,20(27)28-3)24-12-11-18(23-24)22-19(26)15-9-10-17(25)16(13-15)14-7-5-4-6-8-14/h4-13,25H,1-3H3,(H,22,23,26). The van der Waals surface area contributed by atoms with Gasteiger partial charge in [-0.1, -0.05) is 30.3 Å². The lowest BCUT2D eigenvalue weighted by Gasteiger charge is -2.21. The van der Waals surface area contributed by atoms with Gasteiger partial charge in [-0.25, -0.2) is 4.79 Å². The molecule has 0 spiro atoms. The Kier molecular flexibility index (Phi) is 5.17. The highest BCUT2D eigenvalue weighted by Gasteiger charge is 2.31. The number of aromatic nitrogens is 2. The molecule has 1 aromatic heterocycles. The summed E-state index contributed by atoms with van der Waals surface area (Å²) >= 11 is 0. The van der Waals surface area contributed by atoms with Crippen LogP contribution in [0.2, 0.25) is 0 Å². The van der Waals surface area contributed by atoms with Gasteiger partial charge in [0.15, 0.2) is 11.4 Å². The van der Waals surface area contributed by atoms with Gasteiger partial charge in [-0.15, -0.1) is 0 Å². The number of phenols is 1. The van der Waals surface area contributed by atoms with E-state index in [1.54, 1.807) is 32.2 Å². The Morgan fingerprint density at radius 3 is 2.50 bits per heavy atom. The van der Waals surface area contributed by atoms with Gasteiger partial charge in [-0.2, -0.15) is 5.10 Å². The monoisotopic (exact) mass is 379 g/mol. The molecule has 144 valence electrons. The minimum Gasteiger partial charge on any atom is -0.507 e. The van der Waals surface area contributed by atoms with Gasteiger partial charge in [0.05, 0.1) is 7.11 Å². The molecule has 2 N–H and O–H groups in total. The van der Waals surface area contributed by atoms with E-state index < -0.39 is 11.5 Å². The topological polar surface area (TPSA) is 93.5 Å². The lowest BCUT2D eigenvalue weighted by Crippen LogP contribution is -2.37. The second-order valence-electron chi connectivity index (χ2n) is 6.75.